The van der Waals surface area contributed by atoms with Crippen LogP contribution < -0.4 is 0 Å². The zero-order valence-electron chi connectivity index (χ0n) is 3.78. The first kappa shape index (κ1) is 6.28. The van der Waals surface area contributed by atoms with Crippen molar-refractivity contribution in [1.82, 2.24) is 0 Å². The Morgan fingerprint density at radius 2 is 2.50 bits per heavy atom. The highest BCUT2D eigenvalue weighted by Crippen LogP contribution is 2.06. The van der Waals surface area contributed by atoms with Crippen molar-refractivity contribution < 1.29 is 4.39 Å². The molecule has 0 amide bonds. The Morgan fingerprint density at radius 3 is 2.67 bits per heavy atom. The first-order valence-electron chi connectivity index (χ1n) is 1.91. The van der Waals surface area contributed by atoms with Gasteiger partial charge in [0.1, 0.15) is 6.01 Å². The van der Waals surface area contributed by atoms with Crippen LogP contribution in [0.4, 0.5) is 4.39 Å². The summed E-state index contributed by atoms with van der Waals surface area (Å²) in [4.78, 5) is 0. The van der Waals surface area contributed by atoms with Gasteiger partial charge in [0.15, 0.2) is 0 Å². The summed E-state index contributed by atoms with van der Waals surface area (Å²) >= 11 is 1.22. The monoisotopic (exact) mass is 107 g/mol. The van der Waals surface area contributed by atoms with E-state index in [4.69, 9.17) is 0 Å². The van der Waals surface area contributed by atoms with Crippen LogP contribution in [0, 0.1) is 5.75 Å². The van der Waals surface area contributed by atoms with Gasteiger partial charge in [0.2, 0.25) is 0 Å². The maximum absolute atomic E-state index is 11.1. The predicted molar refractivity (Wildman–Crippen MR) is 28.2 cm³/mol. The van der Waals surface area contributed by atoms with Crippen LogP contribution in [-0.2, 0) is 0 Å². The van der Waals surface area contributed by atoms with E-state index in [1.54, 1.807) is 0 Å². The smallest absolute Gasteiger partial charge is 0.135 e. The SMILES string of the molecule is CC[CH]SCF. The molecule has 0 aromatic heterocycles. The van der Waals surface area contributed by atoms with Gasteiger partial charge in [-0.15, -0.1) is 11.8 Å². The van der Waals surface area contributed by atoms with Gasteiger partial charge in [0.25, 0.3) is 0 Å². The summed E-state index contributed by atoms with van der Waals surface area (Å²) in [5.74, 6) is 1.85. The third-order valence-corrected chi connectivity index (χ3v) is 1.04. The van der Waals surface area contributed by atoms with Gasteiger partial charge in [-0.2, -0.15) is 0 Å². The average Bonchev–Trinajstić information content (AvgIpc) is 1.61. The zero-order chi connectivity index (χ0) is 4.83. The van der Waals surface area contributed by atoms with Crippen LogP contribution in [0.25, 0.3) is 0 Å². The molecule has 0 bridgehead atoms. The van der Waals surface area contributed by atoms with Gasteiger partial charge in [-0.25, -0.2) is 4.39 Å². The first-order valence-corrected chi connectivity index (χ1v) is 2.96. The van der Waals surface area contributed by atoms with Crippen LogP contribution in [0.1, 0.15) is 13.3 Å². The number of hydrogen-bond donors (Lipinski definition) is 0. The summed E-state index contributed by atoms with van der Waals surface area (Å²) in [6, 6.07) is -0.284. The van der Waals surface area contributed by atoms with E-state index in [1.807, 2.05) is 12.7 Å². The van der Waals surface area contributed by atoms with E-state index in [9.17, 15) is 4.39 Å². The lowest BCUT2D eigenvalue weighted by atomic mass is 10.6. The Labute approximate surface area is 42.1 Å². The lowest BCUT2D eigenvalue weighted by molar-refractivity contribution is 0.606. The van der Waals surface area contributed by atoms with Crippen molar-refractivity contribution in [2.24, 2.45) is 0 Å². The molecule has 6 heavy (non-hydrogen) atoms. The molecule has 1 radical (unpaired) electrons. The van der Waals surface area contributed by atoms with E-state index >= 15 is 0 Å². The second-order valence-corrected chi connectivity index (χ2v) is 1.74. The highest BCUT2D eigenvalue weighted by atomic mass is 32.2. The maximum Gasteiger partial charge on any atom is 0.135 e. The Bertz CT molecular complexity index is 19.5. The number of thioether (sulfide) groups is 1. The molecule has 0 aliphatic rings. The minimum Gasteiger partial charge on any atom is -0.239 e. The molecule has 0 saturated carbocycles. The molecule has 0 atom stereocenters. The Morgan fingerprint density at radius 1 is 1.83 bits per heavy atom. The molecule has 0 heterocycles. The van der Waals surface area contributed by atoms with Gasteiger partial charge >= 0.3 is 0 Å². The molecule has 37 valence electrons. The van der Waals surface area contributed by atoms with Crippen LogP contribution in [0.3, 0.4) is 0 Å². The van der Waals surface area contributed by atoms with E-state index in [0.29, 0.717) is 0 Å². The molecular weight excluding hydrogens is 99.1 g/mol. The molecule has 0 aliphatic carbocycles. The molecule has 0 fully saturated rings. The van der Waals surface area contributed by atoms with Crippen LogP contribution in [0.15, 0.2) is 0 Å². The van der Waals surface area contributed by atoms with E-state index < -0.39 is 0 Å². The van der Waals surface area contributed by atoms with Crippen molar-refractivity contribution in [3.8, 4) is 0 Å². The highest BCUT2D eigenvalue weighted by Gasteiger charge is 1.78. The summed E-state index contributed by atoms with van der Waals surface area (Å²) in [6.07, 6.45) is 0.953. The molecule has 0 aromatic rings. The lowest BCUT2D eigenvalue weighted by Gasteiger charge is -1.83. The highest BCUT2D eigenvalue weighted by molar-refractivity contribution is 8.01. The van der Waals surface area contributed by atoms with E-state index in [-0.39, 0.29) is 6.01 Å². The van der Waals surface area contributed by atoms with Gasteiger partial charge in [0.05, 0.1) is 0 Å². The molecule has 0 N–H and O–H groups in total. The second-order valence-electron chi connectivity index (χ2n) is 0.851. The molecule has 0 aliphatic heterocycles. The van der Waals surface area contributed by atoms with Gasteiger partial charge < -0.3 is 0 Å². The lowest BCUT2D eigenvalue weighted by Crippen LogP contribution is -1.61. The topological polar surface area (TPSA) is 0 Å². The number of rotatable bonds is 3. The van der Waals surface area contributed by atoms with Crippen molar-refractivity contribution in [3.63, 3.8) is 0 Å². The second kappa shape index (κ2) is 5.28. The molecule has 2 heteroatoms. The quantitative estimate of drug-likeness (QED) is 0.498. The van der Waals surface area contributed by atoms with E-state index in [2.05, 4.69) is 0 Å². The van der Waals surface area contributed by atoms with Gasteiger partial charge in [-0.1, -0.05) is 6.92 Å². The van der Waals surface area contributed by atoms with Crippen LogP contribution in [0.2, 0.25) is 0 Å². The largest absolute Gasteiger partial charge is 0.239 e. The number of alkyl halides is 1. The fourth-order valence-corrected chi connectivity index (χ4v) is 0.487. The average molecular weight is 107 g/mol. The molecule has 0 saturated heterocycles. The fourth-order valence-electron chi connectivity index (χ4n) is 0.162. The van der Waals surface area contributed by atoms with Crippen LogP contribution >= 0.6 is 11.8 Å². The standard InChI is InChI=1S/C4H8FS/c1-2-3-6-4-5/h3H,2,4H2,1H3. The molecule has 0 unspecified atom stereocenters. The summed E-state index contributed by atoms with van der Waals surface area (Å²) in [5, 5.41) is 0. The minimum atomic E-state index is -0.284. The maximum atomic E-state index is 11.1. The molecule has 0 aromatic carbocycles. The molecular formula is C4H8FS. The van der Waals surface area contributed by atoms with E-state index in [1.165, 1.54) is 11.8 Å². The van der Waals surface area contributed by atoms with Crippen molar-refractivity contribution >= 4 is 11.8 Å². The minimum absolute atomic E-state index is 0.284. The third kappa shape index (κ3) is 4.28. The number of hydrogen-bond acceptors (Lipinski definition) is 1. The van der Waals surface area contributed by atoms with Gasteiger partial charge in [0, 0.05) is 5.75 Å². The van der Waals surface area contributed by atoms with Crippen molar-refractivity contribution in [2.75, 3.05) is 6.01 Å². The van der Waals surface area contributed by atoms with Crippen molar-refractivity contribution in [2.45, 2.75) is 13.3 Å². The Hall–Kier alpha value is 0.280. The first-order chi connectivity index (χ1) is 2.91. The van der Waals surface area contributed by atoms with E-state index in [0.717, 1.165) is 6.42 Å². The van der Waals surface area contributed by atoms with Crippen molar-refractivity contribution in [3.05, 3.63) is 5.75 Å². The van der Waals surface area contributed by atoms with Crippen molar-refractivity contribution in [1.29, 1.82) is 0 Å². The molecule has 0 nitrogen and oxygen atoms in total. The predicted octanol–water partition coefficient (Wildman–Crippen LogP) is 2.22. The molecule has 0 spiro atoms. The Balaban J connectivity index is 2.34. The summed E-state index contributed by atoms with van der Waals surface area (Å²) < 4.78 is 11.1. The third-order valence-electron chi connectivity index (χ3n) is 0.348. The fraction of sp³-hybridized carbons (Fsp3) is 0.750. The summed E-state index contributed by atoms with van der Waals surface area (Å²) in [7, 11) is 0. The van der Waals surface area contributed by atoms with Gasteiger partial charge in [-0.3, -0.25) is 0 Å². The zero-order valence-corrected chi connectivity index (χ0v) is 4.59. The number of halogens is 1. The van der Waals surface area contributed by atoms with Crippen LogP contribution in [-0.4, -0.2) is 6.01 Å². The summed E-state index contributed by atoms with van der Waals surface area (Å²) in [6.45, 7) is 1.99. The normalized spacial score (nSPS) is 9.00. The van der Waals surface area contributed by atoms with Gasteiger partial charge in [-0.05, 0) is 6.42 Å². The Kier molecular flexibility index (Phi) is 5.53. The van der Waals surface area contributed by atoms with Crippen LogP contribution in [0.5, 0.6) is 0 Å². The summed E-state index contributed by atoms with van der Waals surface area (Å²) in [5.41, 5.74) is 0. The molecule has 0 rings (SSSR count).